The van der Waals surface area contributed by atoms with Crippen molar-refractivity contribution < 1.29 is 19.1 Å². The minimum absolute atomic E-state index is 0.112. The lowest BCUT2D eigenvalue weighted by Gasteiger charge is -2.15. The van der Waals surface area contributed by atoms with Gasteiger partial charge in [-0.05, 0) is 44.2 Å². The van der Waals surface area contributed by atoms with E-state index in [4.69, 9.17) is 14.5 Å². The van der Waals surface area contributed by atoms with E-state index in [2.05, 4.69) is 4.98 Å². The first-order valence-corrected chi connectivity index (χ1v) is 14.4. The predicted octanol–water partition coefficient (Wildman–Crippen LogP) is 6.63. The molecule has 10 heteroatoms. The number of carbonyl (C=O) groups is 2. The first-order chi connectivity index (χ1) is 19.4. The van der Waals surface area contributed by atoms with E-state index < -0.39 is 11.9 Å². The zero-order chi connectivity index (χ0) is 28.2. The fraction of sp³-hybridized carbons (Fsp3) is 0.200. The molecule has 5 rings (SSSR count). The number of fused-ring (bicyclic) bond motifs is 1. The number of ether oxygens (including phenoxy) is 2. The summed E-state index contributed by atoms with van der Waals surface area (Å²) in [6.07, 6.45) is 1.70. The molecule has 2 heterocycles. The lowest BCUT2D eigenvalue weighted by atomic mass is 9.96. The van der Waals surface area contributed by atoms with Crippen LogP contribution in [0.25, 0.3) is 22.3 Å². The second-order valence-corrected chi connectivity index (χ2v) is 10.8. The molecule has 0 atom stereocenters. The van der Waals surface area contributed by atoms with Crippen molar-refractivity contribution in [2.45, 2.75) is 34.0 Å². The molecule has 0 spiro atoms. The van der Waals surface area contributed by atoms with Gasteiger partial charge in [0.1, 0.15) is 5.52 Å². The Bertz CT molecular complexity index is 1680. The Hall–Kier alpha value is -4.02. The maximum Gasteiger partial charge on any atom is 0.339 e. The molecule has 5 aromatic rings. The standard InChI is InChI=1S/C30H28N4O4S2/c1-5-37-27(35)21-17-22-26(32-30(33(22)3)40-20-15-11-8-12-16-20)25(24(21)28(36)38-6-2)23-18-31-29(34(23)4)39-19-13-9-7-10-14-19/h7-18H,5-6H2,1-4H3. The van der Waals surface area contributed by atoms with Crippen molar-refractivity contribution in [1.29, 1.82) is 0 Å². The highest BCUT2D eigenvalue weighted by Gasteiger charge is 2.31. The Balaban J connectivity index is 1.77. The van der Waals surface area contributed by atoms with Crippen molar-refractivity contribution in [3.63, 3.8) is 0 Å². The van der Waals surface area contributed by atoms with E-state index in [0.29, 0.717) is 27.4 Å². The highest BCUT2D eigenvalue weighted by molar-refractivity contribution is 7.99. The fourth-order valence-electron chi connectivity index (χ4n) is 4.33. The third kappa shape index (κ3) is 5.37. The number of esters is 2. The van der Waals surface area contributed by atoms with Crippen molar-refractivity contribution >= 4 is 46.5 Å². The van der Waals surface area contributed by atoms with E-state index in [9.17, 15) is 9.59 Å². The van der Waals surface area contributed by atoms with Crippen LogP contribution in [-0.2, 0) is 23.6 Å². The zero-order valence-electron chi connectivity index (χ0n) is 22.6. The molecule has 0 unspecified atom stereocenters. The molecule has 0 bridgehead atoms. The zero-order valence-corrected chi connectivity index (χ0v) is 24.2. The monoisotopic (exact) mass is 572 g/mol. The second kappa shape index (κ2) is 12.0. The number of aromatic nitrogens is 4. The van der Waals surface area contributed by atoms with E-state index in [1.54, 1.807) is 26.1 Å². The Morgan fingerprint density at radius 2 is 1.38 bits per heavy atom. The summed E-state index contributed by atoms with van der Waals surface area (Å²) in [5.41, 5.74) is 2.60. The smallest absolute Gasteiger partial charge is 0.339 e. The van der Waals surface area contributed by atoms with Crippen LogP contribution >= 0.6 is 23.5 Å². The van der Waals surface area contributed by atoms with E-state index in [-0.39, 0.29) is 24.3 Å². The largest absolute Gasteiger partial charge is 0.462 e. The van der Waals surface area contributed by atoms with Crippen LogP contribution in [0.15, 0.2) is 93.0 Å². The number of hydrogen-bond acceptors (Lipinski definition) is 8. The first-order valence-electron chi connectivity index (χ1n) is 12.8. The summed E-state index contributed by atoms with van der Waals surface area (Å²) in [6.45, 7) is 3.78. The van der Waals surface area contributed by atoms with Crippen LogP contribution in [0.4, 0.5) is 0 Å². The minimum Gasteiger partial charge on any atom is -0.462 e. The van der Waals surface area contributed by atoms with Crippen molar-refractivity contribution in [3.05, 3.63) is 84.1 Å². The van der Waals surface area contributed by atoms with Crippen LogP contribution in [0.5, 0.6) is 0 Å². The molecule has 8 nitrogen and oxygen atoms in total. The summed E-state index contributed by atoms with van der Waals surface area (Å²) in [7, 11) is 3.78. The molecular formula is C30H28N4O4S2. The maximum absolute atomic E-state index is 13.5. The summed E-state index contributed by atoms with van der Waals surface area (Å²) in [5.74, 6) is -1.22. The van der Waals surface area contributed by atoms with Crippen LogP contribution < -0.4 is 0 Å². The highest BCUT2D eigenvalue weighted by atomic mass is 32.2. The third-order valence-electron chi connectivity index (χ3n) is 6.22. The summed E-state index contributed by atoms with van der Waals surface area (Å²) in [4.78, 5) is 38.4. The van der Waals surface area contributed by atoms with E-state index in [1.807, 2.05) is 83.9 Å². The number of carbonyl (C=O) groups excluding carboxylic acids is 2. The summed E-state index contributed by atoms with van der Waals surface area (Å²) in [5, 5.41) is 1.43. The predicted molar refractivity (Wildman–Crippen MR) is 156 cm³/mol. The van der Waals surface area contributed by atoms with Crippen LogP contribution in [-0.4, -0.2) is 44.3 Å². The van der Waals surface area contributed by atoms with Gasteiger partial charge in [-0.25, -0.2) is 19.6 Å². The van der Waals surface area contributed by atoms with Gasteiger partial charge < -0.3 is 18.6 Å². The third-order valence-corrected chi connectivity index (χ3v) is 8.34. The quantitative estimate of drug-likeness (QED) is 0.182. The Labute approximate surface area is 240 Å². The molecule has 204 valence electrons. The van der Waals surface area contributed by atoms with Gasteiger partial charge in [-0.2, -0.15) is 0 Å². The normalized spacial score (nSPS) is 11.1. The molecule has 0 radical (unpaired) electrons. The minimum atomic E-state index is -0.621. The number of aryl methyl sites for hydroxylation is 1. The molecule has 0 N–H and O–H groups in total. The molecule has 0 aliphatic rings. The number of benzene rings is 3. The Morgan fingerprint density at radius 1 is 0.800 bits per heavy atom. The van der Waals surface area contributed by atoms with Gasteiger partial charge in [-0.1, -0.05) is 59.9 Å². The topological polar surface area (TPSA) is 88.2 Å². The van der Waals surface area contributed by atoms with Crippen molar-refractivity contribution in [2.24, 2.45) is 14.1 Å². The van der Waals surface area contributed by atoms with Gasteiger partial charge in [0, 0.05) is 29.4 Å². The van der Waals surface area contributed by atoms with Gasteiger partial charge in [-0.3, -0.25) is 0 Å². The van der Waals surface area contributed by atoms with Gasteiger partial charge in [0.15, 0.2) is 10.3 Å². The first kappa shape index (κ1) is 27.5. The van der Waals surface area contributed by atoms with Crippen molar-refractivity contribution in [3.8, 4) is 11.3 Å². The number of imidazole rings is 2. The van der Waals surface area contributed by atoms with Gasteiger partial charge in [0.2, 0.25) is 0 Å². The van der Waals surface area contributed by atoms with Crippen molar-refractivity contribution in [1.82, 2.24) is 19.1 Å². The molecule has 0 aliphatic heterocycles. The molecular weight excluding hydrogens is 544 g/mol. The molecule has 40 heavy (non-hydrogen) atoms. The van der Waals surface area contributed by atoms with Gasteiger partial charge in [0.05, 0.1) is 41.7 Å². The van der Waals surface area contributed by atoms with Gasteiger partial charge >= 0.3 is 11.9 Å². The number of rotatable bonds is 9. The van der Waals surface area contributed by atoms with Crippen LogP contribution in [0.2, 0.25) is 0 Å². The Kier molecular flexibility index (Phi) is 8.27. The van der Waals surface area contributed by atoms with Crippen molar-refractivity contribution in [2.75, 3.05) is 13.2 Å². The van der Waals surface area contributed by atoms with Crippen LogP contribution in [0, 0.1) is 0 Å². The Morgan fingerprint density at radius 3 is 1.98 bits per heavy atom. The molecule has 0 saturated carbocycles. The second-order valence-electron chi connectivity index (χ2n) is 8.75. The fourth-order valence-corrected chi connectivity index (χ4v) is 6.06. The number of nitrogens with zero attached hydrogens (tertiary/aromatic N) is 4. The lowest BCUT2D eigenvalue weighted by molar-refractivity contribution is 0.0480. The van der Waals surface area contributed by atoms with Gasteiger partial charge in [0.25, 0.3) is 0 Å². The molecule has 0 fully saturated rings. The van der Waals surface area contributed by atoms with Gasteiger partial charge in [-0.15, -0.1) is 0 Å². The molecule has 2 aromatic heterocycles. The molecule has 0 aliphatic carbocycles. The van der Waals surface area contributed by atoms with Crippen LogP contribution in [0.3, 0.4) is 0 Å². The lowest BCUT2D eigenvalue weighted by Crippen LogP contribution is -2.16. The molecule has 0 saturated heterocycles. The summed E-state index contributed by atoms with van der Waals surface area (Å²) in [6, 6.07) is 21.5. The average molecular weight is 573 g/mol. The average Bonchev–Trinajstić information content (AvgIpc) is 3.47. The van der Waals surface area contributed by atoms with E-state index in [1.165, 1.54) is 23.5 Å². The summed E-state index contributed by atoms with van der Waals surface area (Å²) >= 11 is 3.00. The van der Waals surface area contributed by atoms with E-state index in [0.717, 1.165) is 14.9 Å². The highest BCUT2D eigenvalue weighted by Crippen LogP contribution is 2.40. The number of hydrogen-bond donors (Lipinski definition) is 0. The van der Waals surface area contributed by atoms with E-state index >= 15 is 0 Å². The molecule has 3 aromatic carbocycles. The molecule has 0 amide bonds. The summed E-state index contributed by atoms with van der Waals surface area (Å²) < 4.78 is 14.7. The maximum atomic E-state index is 13.5. The van der Waals surface area contributed by atoms with Crippen LogP contribution in [0.1, 0.15) is 34.6 Å². The SMILES string of the molecule is CCOC(=O)c1cc2c(nc(Sc3ccccc3)n2C)c(-c2cnc(Sc3ccccc3)n2C)c1C(=O)OCC.